The zero-order chi connectivity index (χ0) is 15.4. The fourth-order valence-electron chi connectivity index (χ4n) is 2.19. The number of thiophene rings is 1. The first-order valence-corrected chi connectivity index (χ1v) is 7.99. The molecule has 2 aromatic rings. The van der Waals surface area contributed by atoms with Crippen molar-refractivity contribution in [3.63, 3.8) is 0 Å². The number of likely N-dealkylation sites (N-methyl/N-ethyl adjacent to an activating group) is 1. The van der Waals surface area contributed by atoms with Crippen molar-refractivity contribution in [3.05, 3.63) is 56.7 Å². The molecule has 0 aliphatic carbocycles. The zero-order valence-electron chi connectivity index (χ0n) is 12.4. The average Bonchev–Trinajstić information content (AvgIpc) is 2.86. The Hall–Kier alpha value is -1.36. The van der Waals surface area contributed by atoms with Gasteiger partial charge in [0.1, 0.15) is 0 Å². The highest BCUT2D eigenvalue weighted by atomic mass is 35.5. The van der Waals surface area contributed by atoms with Crippen LogP contribution in [0.1, 0.15) is 26.8 Å². The number of nitrogens with one attached hydrogen (secondary N) is 1. The smallest absolute Gasteiger partial charge is 0.261 e. The van der Waals surface area contributed by atoms with E-state index < -0.39 is 0 Å². The van der Waals surface area contributed by atoms with Crippen molar-refractivity contribution in [3.8, 4) is 0 Å². The van der Waals surface area contributed by atoms with Gasteiger partial charge in [-0.3, -0.25) is 4.79 Å². The summed E-state index contributed by atoms with van der Waals surface area (Å²) in [6.45, 7) is 2.47. The van der Waals surface area contributed by atoms with Crippen LogP contribution in [0.15, 0.2) is 35.7 Å². The molecule has 0 aliphatic heterocycles. The third-order valence-electron chi connectivity index (χ3n) is 3.41. The second-order valence-corrected chi connectivity index (χ2v) is 6.47. The van der Waals surface area contributed by atoms with Gasteiger partial charge in [-0.15, -0.1) is 11.3 Å². The second kappa shape index (κ2) is 7.07. The first-order chi connectivity index (χ1) is 10.0. The maximum atomic E-state index is 12.2. The number of halogens is 1. The largest absolute Gasteiger partial charge is 0.349 e. The fraction of sp³-hybridized carbons (Fsp3) is 0.312. The summed E-state index contributed by atoms with van der Waals surface area (Å²) in [5.41, 5.74) is 2.03. The molecule has 112 valence electrons. The molecule has 0 bridgehead atoms. The molecule has 0 saturated heterocycles. The van der Waals surface area contributed by atoms with Crippen LogP contribution in [0.2, 0.25) is 5.02 Å². The molecule has 1 aromatic heterocycles. The fourth-order valence-corrected chi connectivity index (χ4v) is 3.29. The van der Waals surface area contributed by atoms with Gasteiger partial charge in [-0.1, -0.05) is 29.8 Å². The highest BCUT2D eigenvalue weighted by molar-refractivity contribution is 7.12. The number of rotatable bonds is 5. The minimum absolute atomic E-state index is 0.0265. The van der Waals surface area contributed by atoms with Crippen LogP contribution in [0.5, 0.6) is 0 Å². The van der Waals surface area contributed by atoms with E-state index in [1.54, 1.807) is 0 Å². The van der Waals surface area contributed by atoms with E-state index in [0.717, 1.165) is 21.0 Å². The maximum absolute atomic E-state index is 12.2. The average molecular weight is 323 g/mol. The highest BCUT2D eigenvalue weighted by Crippen LogP contribution is 2.25. The number of benzene rings is 1. The van der Waals surface area contributed by atoms with E-state index in [1.807, 2.05) is 56.7 Å². The topological polar surface area (TPSA) is 32.3 Å². The first-order valence-electron chi connectivity index (χ1n) is 6.74. The molecule has 3 nitrogen and oxygen atoms in total. The van der Waals surface area contributed by atoms with Gasteiger partial charge in [0.2, 0.25) is 0 Å². The van der Waals surface area contributed by atoms with Crippen LogP contribution in [0.4, 0.5) is 0 Å². The van der Waals surface area contributed by atoms with Gasteiger partial charge >= 0.3 is 0 Å². The third-order valence-corrected chi connectivity index (χ3v) is 4.77. The predicted molar refractivity (Wildman–Crippen MR) is 89.3 cm³/mol. The van der Waals surface area contributed by atoms with E-state index >= 15 is 0 Å². The van der Waals surface area contributed by atoms with Crippen LogP contribution >= 0.6 is 22.9 Å². The number of hydrogen-bond donors (Lipinski definition) is 1. The van der Waals surface area contributed by atoms with Crippen molar-refractivity contribution in [2.24, 2.45) is 0 Å². The van der Waals surface area contributed by atoms with Crippen molar-refractivity contribution in [1.29, 1.82) is 0 Å². The Morgan fingerprint density at radius 2 is 2.05 bits per heavy atom. The van der Waals surface area contributed by atoms with Gasteiger partial charge in [-0.05, 0) is 49.7 Å². The van der Waals surface area contributed by atoms with Crippen LogP contribution in [-0.4, -0.2) is 31.4 Å². The van der Waals surface area contributed by atoms with E-state index in [1.165, 1.54) is 11.3 Å². The monoisotopic (exact) mass is 322 g/mol. The highest BCUT2D eigenvalue weighted by Gasteiger charge is 2.19. The SMILES string of the molecule is Cc1ccsc1C(=O)NC[C@@H](c1ccccc1Cl)N(C)C. The lowest BCUT2D eigenvalue weighted by Gasteiger charge is -2.26. The Labute approximate surface area is 134 Å². The molecule has 0 saturated carbocycles. The molecule has 0 spiro atoms. The summed E-state index contributed by atoms with van der Waals surface area (Å²) in [6, 6.07) is 9.74. The van der Waals surface area contributed by atoms with E-state index in [-0.39, 0.29) is 11.9 Å². The molecule has 21 heavy (non-hydrogen) atoms. The number of carbonyl (C=O) groups is 1. The second-order valence-electron chi connectivity index (χ2n) is 5.14. The Morgan fingerprint density at radius 3 is 2.62 bits per heavy atom. The molecule has 1 atom stereocenters. The Bertz CT molecular complexity index is 624. The number of aryl methyl sites for hydroxylation is 1. The van der Waals surface area contributed by atoms with Crippen molar-refractivity contribution in [2.45, 2.75) is 13.0 Å². The van der Waals surface area contributed by atoms with E-state index in [0.29, 0.717) is 6.54 Å². The van der Waals surface area contributed by atoms with Crippen LogP contribution in [0.3, 0.4) is 0 Å². The quantitative estimate of drug-likeness (QED) is 0.909. The van der Waals surface area contributed by atoms with Gasteiger partial charge in [0.15, 0.2) is 0 Å². The summed E-state index contributed by atoms with van der Waals surface area (Å²) in [4.78, 5) is 15.0. The molecule has 5 heteroatoms. The van der Waals surface area contributed by atoms with E-state index in [2.05, 4.69) is 10.2 Å². The maximum Gasteiger partial charge on any atom is 0.261 e. The summed E-state index contributed by atoms with van der Waals surface area (Å²) >= 11 is 7.73. The number of carbonyl (C=O) groups excluding carboxylic acids is 1. The normalized spacial score (nSPS) is 12.4. The molecule has 0 radical (unpaired) electrons. The first kappa shape index (κ1) is 16.0. The molecule has 2 rings (SSSR count). The predicted octanol–water partition coefficient (Wildman–Crippen LogP) is 3.74. The number of hydrogen-bond acceptors (Lipinski definition) is 3. The standard InChI is InChI=1S/C16H19ClN2OS/c1-11-8-9-21-15(11)16(20)18-10-14(19(2)3)12-6-4-5-7-13(12)17/h4-9,14H,10H2,1-3H3,(H,18,20)/t14-/m0/s1. The summed E-state index contributed by atoms with van der Waals surface area (Å²) in [5.74, 6) is -0.0265. The third kappa shape index (κ3) is 3.84. The van der Waals surface area contributed by atoms with Crippen LogP contribution in [-0.2, 0) is 0 Å². The van der Waals surface area contributed by atoms with Gasteiger partial charge in [-0.2, -0.15) is 0 Å². The summed E-state index contributed by atoms with van der Waals surface area (Å²) in [5, 5.41) is 5.66. The minimum Gasteiger partial charge on any atom is -0.349 e. The van der Waals surface area contributed by atoms with Crippen molar-refractivity contribution < 1.29 is 4.79 Å². The lowest BCUT2D eigenvalue weighted by Crippen LogP contribution is -2.34. The van der Waals surface area contributed by atoms with Crippen LogP contribution < -0.4 is 5.32 Å². The Kier molecular flexibility index (Phi) is 5.39. The molecule has 1 N–H and O–H groups in total. The lowest BCUT2D eigenvalue weighted by molar-refractivity contribution is 0.0945. The molecule has 1 heterocycles. The Balaban J connectivity index is 2.10. The minimum atomic E-state index is -0.0265. The van der Waals surface area contributed by atoms with Crippen LogP contribution in [0, 0.1) is 6.92 Å². The molecule has 0 aliphatic rings. The number of nitrogens with zero attached hydrogens (tertiary/aromatic N) is 1. The molecule has 0 fully saturated rings. The Morgan fingerprint density at radius 1 is 1.33 bits per heavy atom. The van der Waals surface area contributed by atoms with E-state index in [4.69, 9.17) is 11.6 Å². The van der Waals surface area contributed by atoms with Gasteiger partial charge in [0, 0.05) is 11.6 Å². The van der Waals surface area contributed by atoms with E-state index in [9.17, 15) is 4.79 Å². The van der Waals surface area contributed by atoms with Gasteiger partial charge < -0.3 is 10.2 Å². The zero-order valence-corrected chi connectivity index (χ0v) is 14.0. The lowest BCUT2D eigenvalue weighted by atomic mass is 10.1. The number of amides is 1. The van der Waals surface area contributed by atoms with Gasteiger partial charge in [0.25, 0.3) is 5.91 Å². The summed E-state index contributed by atoms with van der Waals surface area (Å²) < 4.78 is 0. The molecule has 1 amide bonds. The summed E-state index contributed by atoms with van der Waals surface area (Å²) in [7, 11) is 3.97. The summed E-state index contributed by atoms with van der Waals surface area (Å²) in [6.07, 6.45) is 0. The van der Waals surface area contributed by atoms with Crippen molar-refractivity contribution in [1.82, 2.24) is 10.2 Å². The molecule has 0 unspecified atom stereocenters. The van der Waals surface area contributed by atoms with Gasteiger partial charge in [0.05, 0.1) is 10.9 Å². The van der Waals surface area contributed by atoms with Crippen molar-refractivity contribution >= 4 is 28.8 Å². The molecular formula is C16H19ClN2OS. The van der Waals surface area contributed by atoms with Crippen LogP contribution in [0.25, 0.3) is 0 Å². The molecule has 1 aromatic carbocycles. The molecular weight excluding hydrogens is 304 g/mol. The van der Waals surface area contributed by atoms with Gasteiger partial charge in [-0.25, -0.2) is 0 Å². The van der Waals surface area contributed by atoms with Crippen molar-refractivity contribution in [2.75, 3.05) is 20.6 Å².